The third-order valence-electron chi connectivity index (χ3n) is 3.85. The van der Waals surface area contributed by atoms with E-state index >= 15 is 0 Å². The van der Waals surface area contributed by atoms with Gasteiger partial charge in [-0.1, -0.05) is 19.1 Å². The molecule has 1 aliphatic rings. The highest BCUT2D eigenvalue weighted by Crippen LogP contribution is 2.18. The van der Waals surface area contributed by atoms with Crippen molar-refractivity contribution in [1.82, 2.24) is 4.90 Å². The number of hydrogen-bond donors (Lipinski definition) is 1. The Morgan fingerprint density at radius 3 is 3.00 bits per heavy atom. The summed E-state index contributed by atoms with van der Waals surface area (Å²) in [7, 11) is 0. The number of likely N-dealkylation sites (tertiary alicyclic amines) is 1. The quantitative estimate of drug-likeness (QED) is 0.915. The summed E-state index contributed by atoms with van der Waals surface area (Å²) in [6, 6.07) is 7.80. The van der Waals surface area contributed by atoms with Gasteiger partial charge in [-0.25, -0.2) is 0 Å². The Labute approximate surface area is 120 Å². The van der Waals surface area contributed by atoms with Crippen LogP contribution in [0.1, 0.15) is 25.3 Å². The Hall–Kier alpha value is -1.55. The molecule has 0 aromatic heterocycles. The number of β-amino-alcohol motifs (C(OH)–C–C–N with tert-alkyl or cyclic N) is 1. The van der Waals surface area contributed by atoms with Gasteiger partial charge >= 0.3 is 0 Å². The highest BCUT2D eigenvalue weighted by molar-refractivity contribution is 5.76. The predicted octanol–water partition coefficient (Wildman–Crippen LogP) is 1.99. The smallest absolute Gasteiger partial charge is 0.226 e. The summed E-state index contributed by atoms with van der Waals surface area (Å²) in [5.41, 5.74) is 1.14. The van der Waals surface area contributed by atoms with Crippen molar-refractivity contribution >= 4 is 5.91 Å². The van der Waals surface area contributed by atoms with Gasteiger partial charge in [-0.05, 0) is 37.0 Å². The van der Waals surface area contributed by atoms with Gasteiger partial charge in [0.2, 0.25) is 5.91 Å². The topological polar surface area (TPSA) is 49.8 Å². The maximum absolute atomic E-state index is 12.0. The minimum absolute atomic E-state index is 0.0589. The Balaban J connectivity index is 1.75. The maximum atomic E-state index is 12.0. The van der Waals surface area contributed by atoms with E-state index < -0.39 is 6.10 Å². The highest BCUT2D eigenvalue weighted by Gasteiger charge is 2.26. The van der Waals surface area contributed by atoms with Crippen molar-refractivity contribution in [1.29, 1.82) is 0 Å². The SMILES string of the molecule is Cc1cccc(OCCC(=O)N2CCC(C)C(O)C2)c1. The fourth-order valence-corrected chi connectivity index (χ4v) is 2.39. The minimum Gasteiger partial charge on any atom is -0.493 e. The predicted molar refractivity (Wildman–Crippen MR) is 77.7 cm³/mol. The van der Waals surface area contributed by atoms with Crippen LogP contribution in [0.4, 0.5) is 0 Å². The summed E-state index contributed by atoms with van der Waals surface area (Å²) in [5.74, 6) is 1.14. The van der Waals surface area contributed by atoms with Crippen LogP contribution in [0, 0.1) is 12.8 Å². The Morgan fingerprint density at radius 1 is 1.50 bits per heavy atom. The standard InChI is InChI=1S/C16H23NO3/c1-12-4-3-5-14(10-12)20-9-7-16(19)17-8-6-13(2)15(18)11-17/h3-5,10,13,15,18H,6-9,11H2,1-2H3. The molecule has 4 heteroatoms. The number of nitrogens with zero attached hydrogens (tertiary/aromatic N) is 1. The van der Waals surface area contributed by atoms with Gasteiger partial charge in [-0.3, -0.25) is 4.79 Å². The van der Waals surface area contributed by atoms with E-state index in [9.17, 15) is 9.90 Å². The average Bonchev–Trinajstić information content (AvgIpc) is 2.42. The van der Waals surface area contributed by atoms with Crippen molar-refractivity contribution in [2.24, 2.45) is 5.92 Å². The average molecular weight is 277 g/mol. The molecule has 0 aliphatic carbocycles. The number of piperidine rings is 1. The lowest BCUT2D eigenvalue weighted by atomic mass is 9.96. The number of rotatable bonds is 4. The van der Waals surface area contributed by atoms with Crippen molar-refractivity contribution in [2.45, 2.75) is 32.8 Å². The maximum Gasteiger partial charge on any atom is 0.226 e. The van der Waals surface area contributed by atoms with E-state index in [1.807, 2.05) is 38.1 Å². The molecule has 1 amide bonds. The first-order valence-corrected chi connectivity index (χ1v) is 7.21. The number of ether oxygens (including phenoxy) is 1. The molecular weight excluding hydrogens is 254 g/mol. The fourth-order valence-electron chi connectivity index (χ4n) is 2.39. The number of benzene rings is 1. The van der Waals surface area contributed by atoms with Crippen molar-refractivity contribution < 1.29 is 14.6 Å². The second-order valence-corrected chi connectivity index (χ2v) is 5.59. The van der Waals surface area contributed by atoms with Gasteiger partial charge in [0.05, 0.1) is 19.1 Å². The van der Waals surface area contributed by atoms with Crippen LogP contribution >= 0.6 is 0 Å². The molecular formula is C16H23NO3. The fraction of sp³-hybridized carbons (Fsp3) is 0.562. The van der Waals surface area contributed by atoms with E-state index in [0.717, 1.165) is 24.3 Å². The van der Waals surface area contributed by atoms with E-state index in [1.165, 1.54) is 0 Å². The monoisotopic (exact) mass is 277 g/mol. The normalized spacial score (nSPS) is 22.6. The molecule has 1 N–H and O–H groups in total. The van der Waals surface area contributed by atoms with Crippen LogP contribution in [0.5, 0.6) is 5.75 Å². The summed E-state index contributed by atoms with van der Waals surface area (Å²) in [6.45, 7) is 5.60. The molecule has 1 aliphatic heterocycles. The van der Waals surface area contributed by atoms with Gasteiger partial charge in [0.1, 0.15) is 5.75 Å². The number of carbonyl (C=O) groups excluding carboxylic acids is 1. The number of aliphatic hydroxyl groups is 1. The molecule has 1 fully saturated rings. The first kappa shape index (κ1) is 14.9. The molecule has 0 bridgehead atoms. The number of amides is 1. The number of aryl methyl sites for hydroxylation is 1. The molecule has 1 aromatic rings. The second-order valence-electron chi connectivity index (χ2n) is 5.59. The third kappa shape index (κ3) is 3.97. The molecule has 1 heterocycles. The van der Waals surface area contributed by atoms with Gasteiger partial charge in [0.25, 0.3) is 0 Å². The van der Waals surface area contributed by atoms with Crippen molar-refractivity contribution in [3.05, 3.63) is 29.8 Å². The minimum atomic E-state index is -0.398. The van der Waals surface area contributed by atoms with E-state index in [-0.39, 0.29) is 11.8 Å². The van der Waals surface area contributed by atoms with Crippen molar-refractivity contribution in [2.75, 3.05) is 19.7 Å². The van der Waals surface area contributed by atoms with Crippen molar-refractivity contribution in [3.8, 4) is 5.75 Å². The molecule has 0 radical (unpaired) electrons. The molecule has 2 atom stereocenters. The van der Waals surface area contributed by atoms with Gasteiger partial charge in [-0.2, -0.15) is 0 Å². The molecule has 4 nitrogen and oxygen atoms in total. The van der Waals surface area contributed by atoms with Crippen LogP contribution in [-0.2, 0) is 4.79 Å². The van der Waals surface area contributed by atoms with Gasteiger partial charge in [-0.15, -0.1) is 0 Å². The highest BCUT2D eigenvalue weighted by atomic mass is 16.5. The summed E-state index contributed by atoms with van der Waals surface area (Å²) in [4.78, 5) is 13.8. The van der Waals surface area contributed by atoms with Gasteiger partial charge in [0, 0.05) is 13.1 Å². The molecule has 110 valence electrons. The lowest BCUT2D eigenvalue weighted by Crippen LogP contribution is -2.46. The number of aliphatic hydroxyl groups excluding tert-OH is 1. The number of hydrogen-bond acceptors (Lipinski definition) is 3. The Bertz CT molecular complexity index is 461. The third-order valence-corrected chi connectivity index (χ3v) is 3.85. The first-order chi connectivity index (χ1) is 9.56. The summed E-state index contributed by atoms with van der Waals surface area (Å²) >= 11 is 0. The first-order valence-electron chi connectivity index (χ1n) is 7.21. The van der Waals surface area contributed by atoms with Crippen LogP contribution in [0.25, 0.3) is 0 Å². The van der Waals surface area contributed by atoms with Crippen LogP contribution in [0.3, 0.4) is 0 Å². The van der Waals surface area contributed by atoms with Gasteiger partial charge < -0.3 is 14.7 Å². The Kier molecular flexibility index (Phi) is 5.01. The molecule has 1 saturated heterocycles. The number of carbonyl (C=O) groups is 1. The molecule has 20 heavy (non-hydrogen) atoms. The van der Waals surface area contributed by atoms with E-state index in [1.54, 1.807) is 4.90 Å². The van der Waals surface area contributed by atoms with Crippen LogP contribution in [0.2, 0.25) is 0 Å². The summed E-state index contributed by atoms with van der Waals surface area (Å²) in [6.07, 6.45) is 0.825. The second kappa shape index (κ2) is 6.75. The molecule has 0 spiro atoms. The zero-order valence-corrected chi connectivity index (χ0v) is 12.2. The Morgan fingerprint density at radius 2 is 2.30 bits per heavy atom. The molecule has 1 aromatic carbocycles. The molecule has 2 unspecified atom stereocenters. The summed E-state index contributed by atoms with van der Waals surface area (Å²) in [5, 5.41) is 9.81. The summed E-state index contributed by atoms with van der Waals surface area (Å²) < 4.78 is 5.59. The molecule has 0 saturated carbocycles. The largest absolute Gasteiger partial charge is 0.493 e. The van der Waals surface area contributed by atoms with E-state index in [4.69, 9.17) is 4.74 Å². The lowest BCUT2D eigenvalue weighted by molar-refractivity contribution is -0.135. The zero-order valence-electron chi connectivity index (χ0n) is 12.2. The van der Waals surface area contributed by atoms with Crippen LogP contribution < -0.4 is 4.74 Å². The van der Waals surface area contributed by atoms with Crippen LogP contribution in [-0.4, -0.2) is 41.7 Å². The van der Waals surface area contributed by atoms with Crippen molar-refractivity contribution in [3.63, 3.8) is 0 Å². The molecule has 2 rings (SSSR count). The van der Waals surface area contributed by atoms with E-state index in [2.05, 4.69) is 0 Å². The van der Waals surface area contributed by atoms with E-state index in [0.29, 0.717) is 19.6 Å². The zero-order chi connectivity index (χ0) is 14.5. The lowest BCUT2D eigenvalue weighted by Gasteiger charge is -2.34. The van der Waals surface area contributed by atoms with Crippen LogP contribution in [0.15, 0.2) is 24.3 Å². The van der Waals surface area contributed by atoms with Gasteiger partial charge in [0.15, 0.2) is 0 Å².